The summed E-state index contributed by atoms with van der Waals surface area (Å²) in [4.78, 5) is 34.8. The van der Waals surface area contributed by atoms with Crippen molar-refractivity contribution >= 4 is 11.8 Å². The normalized spacial score (nSPS) is 22.0. The summed E-state index contributed by atoms with van der Waals surface area (Å²) in [6.07, 6.45) is 7.98. The molecule has 0 spiro atoms. The third-order valence-corrected chi connectivity index (χ3v) is 5.97. The molecule has 1 atom stereocenters. The van der Waals surface area contributed by atoms with Crippen LogP contribution in [0.4, 0.5) is 0 Å². The van der Waals surface area contributed by atoms with Crippen LogP contribution in [0.2, 0.25) is 0 Å². The molecule has 1 N–H and O–H groups in total. The van der Waals surface area contributed by atoms with Crippen molar-refractivity contribution in [2.24, 2.45) is 5.92 Å². The average Bonchev–Trinajstić information content (AvgIpc) is 2.73. The zero-order valence-corrected chi connectivity index (χ0v) is 17.1. The van der Waals surface area contributed by atoms with Crippen LogP contribution in [0.5, 0.6) is 0 Å². The summed E-state index contributed by atoms with van der Waals surface area (Å²) >= 11 is 0. The van der Waals surface area contributed by atoms with E-state index in [1.807, 2.05) is 12.4 Å². The van der Waals surface area contributed by atoms with E-state index in [9.17, 15) is 9.59 Å². The van der Waals surface area contributed by atoms with Crippen molar-refractivity contribution in [1.29, 1.82) is 0 Å². The maximum atomic E-state index is 12.5. The first-order valence-electron chi connectivity index (χ1n) is 10.4. The summed E-state index contributed by atoms with van der Waals surface area (Å²) in [5.74, 6) is -0.0452. The molecule has 1 aromatic heterocycles. The number of nitrogens with zero attached hydrogens (tertiary/aromatic N) is 4. The fraction of sp³-hybridized carbons (Fsp3) is 0.667. The van der Waals surface area contributed by atoms with Crippen LogP contribution in [0, 0.1) is 5.92 Å². The molecule has 28 heavy (non-hydrogen) atoms. The number of piperidine rings is 2. The second-order valence-electron chi connectivity index (χ2n) is 8.20. The zero-order chi connectivity index (χ0) is 19.9. The first-order valence-corrected chi connectivity index (χ1v) is 10.4. The van der Waals surface area contributed by atoms with Gasteiger partial charge in [-0.2, -0.15) is 0 Å². The molecule has 2 aliphatic heterocycles. The number of amides is 2. The van der Waals surface area contributed by atoms with Crippen LogP contribution in [0.25, 0.3) is 0 Å². The van der Waals surface area contributed by atoms with Gasteiger partial charge in [-0.3, -0.25) is 24.4 Å². The Balaban J connectivity index is 1.43. The summed E-state index contributed by atoms with van der Waals surface area (Å²) in [5.41, 5.74) is 1.32. The monoisotopic (exact) mass is 387 g/mol. The van der Waals surface area contributed by atoms with Gasteiger partial charge in [-0.15, -0.1) is 0 Å². The summed E-state index contributed by atoms with van der Waals surface area (Å²) in [7, 11) is 3.41. The SMILES string of the molecule is CN(C)C(=O)CNC(=O)[C@@H]1CCCN(C2CCN(Cc3ccncc3)CC2)C1. The summed E-state index contributed by atoms with van der Waals surface area (Å²) < 4.78 is 0. The van der Waals surface area contributed by atoms with E-state index in [0.29, 0.717) is 6.04 Å². The minimum Gasteiger partial charge on any atom is -0.347 e. The fourth-order valence-corrected chi connectivity index (χ4v) is 4.21. The van der Waals surface area contributed by atoms with Crippen molar-refractivity contribution in [3.63, 3.8) is 0 Å². The van der Waals surface area contributed by atoms with Gasteiger partial charge in [0.15, 0.2) is 0 Å². The van der Waals surface area contributed by atoms with E-state index in [1.54, 1.807) is 14.1 Å². The van der Waals surface area contributed by atoms with Crippen molar-refractivity contribution in [1.82, 2.24) is 25.0 Å². The number of hydrogen-bond donors (Lipinski definition) is 1. The topological polar surface area (TPSA) is 68.8 Å². The average molecular weight is 388 g/mol. The van der Waals surface area contributed by atoms with Crippen molar-refractivity contribution in [2.45, 2.75) is 38.3 Å². The Morgan fingerprint density at radius 3 is 2.54 bits per heavy atom. The van der Waals surface area contributed by atoms with Crippen LogP contribution in [0.15, 0.2) is 24.5 Å². The number of carbonyl (C=O) groups excluding carboxylic acids is 2. The lowest BCUT2D eigenvalue weighted by Gasteiger charge is -2.42. The van der Waals surface area contributed by atoms with E-state index in [1.165, 1.54) is 10.5 Å². The number of hydrogen-bond acceptors (Lipinski definition) is 5. The molecule has 0 bridgehead atoms. The molecule has 3 rings (SSSR count). The number of carbonyl (C=O) groups is 2. The number of likely N-dealkylation sites (N-methyl/N-ethyl adjacent to an activating group) is 1. The maximum absolute atomic E-state index is 12.5. The molecular weight excluding hydrogens is 354 g/mol. The molecular formula is C21H33N5O2. The van der Waals surface area contributed by atoms with Gasteiger partial charge in [-0.05, 0) is 63.0 Å². The van der Waals surface area contributed by atoms with E-state index in [2.05, 4.69) is 32.2 Å². The van der Waals surface area contributed by atoms with Crippen molar-refractivity contribution in [2.75, 3.05) is 46.8 Å². The van der Waals surface area contributed by atoms with Crippen LogP contribution in [0.3, 0.4) is 0 Å². The van der Waals surface area contributed by atoms with Gasteiger partial charge in [0.1, 0.15) is 0 Å². The summed E-state index contributed by atoms with van der Waals surface area (Å²) in [6, 6.07) is 4.73. The fourth-order valence-electron chi connectivity index (χ4n) is 4.21. The van der Waals surface area contributed by atoms with Gasteiger partial charge in [0.05, 0.1) is 12.5 Å². The van der Waals surface area contributed by atoms with E-state index in [0.717, 1.165) is 58.4 Å². The quantitative estimate of drug-likeness (QED) is 0.788. The second-order valence-corrected chi connectivity index (χ2v) is 8.20. The highest BCUT2D eigenvalue weighted by Gasteiger charge is 2.31. The summed E-state index contributed by atoms with van der Waals surface area (Å²) in [6.45, 7) is 5.16. The van der Waals surface area contributed by atoms with Gasteiger partial charge in [0.25, 0.3) is 0 Å². The van der Waals surface area contributed by atoms with Gasteiger partial charge in [-0.1, -0.05) is 0 Å². The lowest BCUT2D eigenvalue weighted by molar-refractivity contribution is -0.133. The number of pyridine rings is 1. The molecule has 0 aliphatic carbocycles. The minimum atomic E-state index is -0.0671. The van der Waals surface area contributed by atoms with Gasteiger partial charge in [-0.25, -0.2) is 0 Å². The largest absolute Gasteiger partial charge is 0.347 e. The predicted molar refractivity (Wildman–Crippen MR) is 109 cm³/mol. The molecule has 7 heteroatoms. The third kappa shape index (κ3) is 5.75. The first kappa shape index (κ1) is 20.7. The molecule has 154 valence electrons. The van der Waals surface area contributed by atoms with Crippen molar-refractivity contribution in [3.05, 3.63) is 30.1 Å². The van der Waals surface area contributed by atoms with Crippen LogP contribution in [0.1, 0.15) is 31.2 Å². The molecule has 1 aromatic rings. The summed E-state index contributed by atoms with van der Waals surface area (Å²) in [5, 5.41) is 2.82. The Morgan fingerprint density at radius 2 is 1.86 bits per heavy atom. The maximum Gasteiger partial charge on any atom is 0.241 e. The molecule has 0 saturated carbocycles. The molecule has 2 fully saturated rings. The Kier molecular flexibility index (Phi) is 7.39. The highest BCUT2D eigenvalue weighted by Crippen LogP contribution is 2.24. The molecule has 0 radical (unpaired) electrons. The zero-order valence-electron chi connectivity index (χ0n) is 17.1. The van der Waals surface area contributed by atoms with E-state index >= 15 is 0 Å². The molecule has 0 unspecified atom stereocenters. The number of rotatable bonds is 6. The predicted octanol–water partition coefficient (Wildman–Crippen LogP) is 0.962. The highest BCUT2D eigenvalue weighted by molar-refractivity contribution is 5.85. The number of aromatic nitrogens is 1. The highest BCUT2D eigenvalue weighted by atomic mass is 16.2. The molecule has 2 saturated heterocycles. The van der Waals surface area contributed by atoms with Crippen LogP contribution >= 0.6 is 0 Å². The molecule has 2 amide bonds. The van der Waals surface area contributed by atoms with Crippen molar-refractivity contribution in [3.8, 4) is 0 Å². The lowest BCUT2D eigenvalue weighted by atomic mass is 9.93. The molecule has 0 aromatic carbocycles. The van der Waals surface area contributed by atoms with Gasteiger partial charge < -0.3 is 10.2 Å². The standard InChI is InChI=1S/C21H33N5O2/c1-24(2)20(27)14-23-21(28)18-4-3-11-26(16-18)19-7-12-25(13-8-19)15-17-5-9-22-10-6-17/h5-6,9-10,18-19H,3-4,7-8,11-16H2,1-2H3,(H,23,28)/t18-/m1/s1. The third-order valence-electron chi connectivity index (χ3n) is 5.97. The van der Waals surface area contributed by atoms with E-state index < -0.39 is 0 Å². The number of nitrogens with one attached hydrogen (secondary N) is 1. The van der Waals surface area contributed by atoms with Crippen LogP contribution < -0.4 is 5.32 Å². The Bertz CT molecular complexity index is 643. The first-order chi connectivity index (χ1) is 13.5. The van der Waals surface area contributed by atoms with E-state index in [-0.39, 0.29) is 24.3 Å². The number of likely N-dealkylation sites (tertiary alicyclic amines) is 2. The molecule has 3 heterocycles. The van der Waals surface area contributed by atoms with Crippen LogP contribution in [-0.2, 0) is 16.1 Å². The molecule has 7 nitrogen and oxygen atoms in total. The lowest BCUT2D eigenvalue weighted by Crippen LogP contribution is -2.51. The Labute approximate surface area is 168 Å². The van der Waals surface area contributed by atoms with Crippen LogP contribution in [-0.4, -0.2) is 84.4 Å². The minimum absolute atomic E-state index is 0.00133. The Morgan fingerprint density at radius 1 is 1.14 bits per heavy atom. The van der Waals surface area contributed by atoms with Gasteiger partial charge >= 0.3 is 0 Å². The van der Waals surface area contributed by atoms with Gasteiger partial charge in [0, 0.05) is 45.6 Å². The van der Waals surface area contributed by atoms with Crippen molar-refractivity contribution < 1.29 is 9.59 Å². The Hall–Kier alpha value is -1.99. The molecule has 2 aliphatic rings. The van der Waals surface area contributed by atoms with Gasteiger partial charge in [0.2, 0.25) is 11.8 Å². The smallest absolute Gasteiger partial charge is 0.241 e. The second kappa shape index (κ2) is 9.98. The van der Waals surface area contributed by atoms with E-state index in [4.69, 9.17) is 0 Å².